The van der Waals surface area contributed by atoms with Crippen molar-refractivity contribution in [2.24, 2.45) is 5.41 Å². The lowest BCUT2D eigenvalue weighted by atomic mass is 9.85. The number of hydrogen-bond donors (Lipinski definition) is 0. The zero-order chi connectivity index (χ0) is 10.6. The maximum absolute atomic E-state index is 11.4. The lowest BCUT2D eigenvalue weighted by Gasteiger charge is -2.22. The first-order chi connectivity index (χ1) is 5.79. The Kier molecular flexibility index (Phi) is 3.96. The van der Waals surface area contributed by atoms with Crippen LogP contribution in [0.1, 0.15) is 27.2 Å². The summed E-state index contributed by atoms with van der Waals surface area (Å²) in [5.41, 5.74) is 3.79. The van der Waals surface area contributed by atoms with Gasteiger partial charge in [-0.3, -0.25) is 4.79 Å². The summed E-state index contributed by atoms with van der Waals surface area (Å²) in [5.74, 6) is 0.0982. The molecule has 0 saturated heterocycles. The number of amides is 1. The van der Waals surface area contributed by atoms with Crippen molar-refractivity contribution in [3.63, 3.8) is 0 Å². The molecule has 0 saturated carbocycles. The SMILES string of the molecule is C=C=C(CC(=O)N(C)C)C(C)(C)C. The van der Waals surface area contributed by atoms with Gasteiger partial charge in [-0.05, 0) is 11.0 Å². The van der Waals surface area contributed by atoms with E-state index in [0.29, 0.717) is 6.42 Å². The van der Waals surface area contributed by atoms with Crippen LogP contribution in [0.3, 0.4) is 0 Å². The Balaban J connectivity index is 4.52. The van der Waals surface area contributed by atoms with Gasteiger partial charge in [-0.1, -0.05) is 27.4 Å². The summed E-state index contributed by atoms with van der Waals surface area (Å²) < 4.78 is 0. The first-order valence-electron chi connectivity index (χ1n) is 4.38. The molecule has 0 spiro atoms. The zero-order valence-corrected chi connectivity index (χ0v) is 9.27. The molecule has 2 nitrogen and oxygen atoms in total. The standard InChI is InChI=1S/C11H19NO/c1-7-9(11(2,3)4)8-10(13)12(5)6/h1,8H2,2-6H3. The Morgan fingerprint density at radius 2 is 1.85 bits per heavy atom. The molecule has 0 aromatic heterocycles. The summed E-state index contributed by atoms with van der Waals surface area (Å²) in [7, 11) is 3.51. The average Bonchev–Trinajstić information content (AvgIpc) is 1.96. The van der Waals surface area contributed by atoms with Crippen LogP contribution in [0.2, 0.25) is 0 Å². The topological polar surface area (TPSA) is 20.3 Å². The summed E-state index contributed by atoms with van der Waals surface area (Å²) in [6.07, 6.45) is 0.417. The molecule has 0 fully saturated rings. The molecule has 0 aliphatic carbocycles. The van der Waals surface area contributed by atoms with Gasteiger partial charge in [0, 0.05) is 14.1 Å². The molecule has 74 valence electrons. The minimum atomic E-state index is -0.0204. The van der Waals surface area contributed by atoms with Crippen LogP contribution in [0.5, 0.6) is 0 Å². The highest BCUT2D eigenvalue weighted by atomic mass is 16.2. The maximum atomic E-state index is 11.4. The van der Waals surface area contributed by atoms with Gasteiger partial charge in [-0.2, -0.15) is 0 Å². The second kappa shape index (κ2) is 4.29. The van der Waals surface area contributed by atoms with Crippen LogP contribution in [0.15, 0.2) is 17.9 Å². The van der Waals surface area contributed by atoms with E-state index in [2.05, 4.69) is 33.1 Å². The number of nitrogens with zero attached hydrogens (tertiary/aromatic N) is 1. The molecular formula is C11H19NO. The largest absolute Gasteiger partial charge is 0.349 e. The maximum Gasteiger partial charge on any atom is 0.226 e. The first kappa shape index (κ1) is 12.0. The third-order valence-corrected chi connectivity index (χ3v) is 1.95. The molecule has 0 bridgehead atoms. The van der Waals surface area contributed by atoms with E-state index in [1.807, 2.05) is 0 Å². The van der Waals surface area contributed by atoms with E-state index >= 15 is 0 Å². The molecule has 13 heavy (non-hydrogen) atoms. The summed E-state index contributed by atoms with van der Waals surface area (Å²) in [5, 5.41) is 0. The van der Waals surface area contributed by atoms with Crippen molar-refractivity contribution in [1.29, 1.82) is 0 Å². The Labute approximate surface area is 80.9 Å². The second-order valence-corrected chi connectivity index (χ2v) is 4.37. The fraction of sp³-hybridized carbons (Fsp3) is 0.636. The second-order valence-electron chi connectivity index (χ2n) is 4.37. The number of carbonyl (C=O) groups is 1. The van der Waals surface area contributed by atoms with E-state index in [0.717, 1.165) is 5.57 Å². The Morgan fingerprint density at radius 3 is 2.08 bits per heavy atom. The molecule has 0 atom stereocenters. The smallest absolute Gasteiger partial charge is 0.226 e. The van der Waals surface area contributed by atoms with Gasteiger partial charge in [0.25, 0.3) is 0 Å². The predicted octanol–water partition coefficient (Wildman–Crippen LogP) is 2.22. The summed E-state index contributed by atoms with van der Waals surface area (Å²) in [4.78, 5) is 13.0. The van der Waals surface area contributed by atoms with Crippen molar-refractivity contribution in [2.45, 2.75) is 27.2 Å². The summed E-state index contributed by atoms with van der Waals surface area (Å²) in [6.45, 7) is 9.78. The lowest BCUT2D eigenvalue weighted by molar-refractivity contribution is -0.128. The fourth-order valence-electron chi connectivity index (χ4n) is 0.902. The van der Waals surface area contributed by atoms with Gasteiger partial charge < -0.3 is 4.90 Å². The molecule has 0 aliphatic heterocycles. The van der Waals surface area contributed by atoms with Crippen LogP contribution >= 0.6 is 0 Å². The zero-order valence-electron chi connectivity index (χ0n) is 9.27. The summed E-state index contributed by atoms with van der Waals surface area (Å²) in [6, 6.07) is 0. The molecule has 2 heteroatoms. The van der Waals surface area contributed by atoms with Gasteiger partial charge in [-0.25, -0.2) is 0 Å². The van der Waals surface area contributed by atoms with E-state index in [-0.39, 0.29) is 11.3 Å². The van der Waals surface area contributed by atoms with Gasteiger partial charge in [0.05, 0.1) is 6.42 Å². The summed E-state index contributed by atoms with van der Waals surface area (Å²) >= 11 is 0. The van der Waals surface area contributed by atoms with Crippen LogP contribution in [-0.2, 0) is 4.79 Å². The third kappa shape index (κ3) is 3.95. The molecular weight excluding hydrogens is 162 g/mol. The van der Waals surface area contributed by atoms with E-state index in [4.69, 9.17) is 0 Å². The van der Waals surface area contributed by atoms with Crippen molar-refractivity contribution in [2.75, 3.05) is 14.1 Å². The van der Waals surface area contributed by atoms with E-state index in [1.54, 1.807) is 19.0 Å². The number of hydrogen-bond acceptors (Lipinski definition) is 1. The highest BCUT2D eigenvalue weighted by Crippen LogP contribution is 2.26. The molecule has 0 unspecified atom stereocenters. The molecule has 0 rings (SSSR count). The van der Waals surface area contributed by atoms with Crippen LogP contribution in [-0.4, -0.2) is 24.9 Å². The third-order valence-electron chi connectivity index (χ3n) is 1.95. The van der Waals surface area contributed by atoms with Crippen molar-refractivity contribution in [1.82, 2.24) is 4.90 Å². The van der Waals surface area contributed by atoms with Crippen molar-refractivity contribution in [3.8, 4) is 0 Å². The normalized spacial score (nSPS) is 10.5. The van der Waals surface area contributed by atoms with Gasteiger partial charge in [0.1, 0.15) is 0 Å². The van der Waals surface area contributed by atoms with E-state index in [1.165, 1.54) is 0 Å². The quantitative estimate of drug-likeness (QED) is 0.598. The van der Waals surface area contributed by atoms with Crippen molar-refractivity contribution < 1.29 is 4.79 Å². The van der Waals surface area contributed by atoms with Gasteiger partial charge in [-0.15, -0.1) is 5.73 Å². The Morgan fingerprint density at radius 1 is 1.38 bits per heavy atom. The van der Waals surface area contributed by atoms with Crippen molar-refractivity contribution >= 4 is 5.91 Å². The van der Waals surface area contributed by atoms with Crippen molar-refractivity contribution in [3.05, 3.63) is 17.9 Å². The van der Waals surface area contributed by atoms with Gasteiger partial charge >= 0.3 is 0 Å². The van der Waals surface area contributed by atoms with Gasteiger partial charge in [0.15, 0.2) is 0 Å². The van der Waals surface area contributed by atoms with Crippen LogP contribution in [0.25, 0.3) is 0 Å². The Hall–Kier alpha value is -1.01. The molecule has 1 amide bonds. The van der Waals surface area contributed by atoms with Crippen LogP contribution in [0, 0.1) is 5.41 Å². The van der Waals surface area contributed by atoms with Gasteiger partial charge in [0.2, 0.25) is 5.91 Å². The highest BCUT2D eigenvalue weighted by Gasteiger charge is 2.19. The molecule has 0 N–H and O–H groups in total. The monoisotopic (exact) mass is 181 g/mol. The molecule has 0 heterocycles. The van der Waals surface area contributed by atoms with E-state index in [9.17, 15) is 4.79 Å². The molecule has 0 aromatic rings. The van der Waals surface area contributed by atoms with Crippen LogP contribution < -0.4 is 0 Å². The first-order valence-corrected chi connectivity index (χ1v) is 4.38. The average molecular weight is 181 g/mol. The predicted molar refractivity (Wildman–Crippen MR) is 55.4 cm³/mol. The van der Waals surface area contributed by atoms with E-state index < -0.39 is 0 Å². The Bertz CT molecular complexity index is 239. The fourth-order valence-corrected chi connectivity index (χ4v) is 0.902. The highest BCUT2D eigenvalue weighted by molar-refractivity contribution is 5.78. The van der Waals surface area contributed by atoms with Crippen LogP contribution in [0.4, 0.5) is 0 Å². The minimum absolute atomic E-state index is 0.0204. The molecule has 0 aromatic carbocycles. The molecule has 0 aliphatic rings. The number of rotatable bonds is 2. The molecule has 0 radical (unpaired) electrons. The lowest BCUT2D eigenvalue weighted by Crippen LogP contribution is -2.24. The number of carbonyl (C=O) groups excluding carboxylic acids is 1. The minimum Gasteiger partial charge on any atom is -0.349 e.